The fraction of sp³-hybridized carbons (Fsp3) is 0.333. The number of nitrogens with one attached hydrogen (secondary N) is 1. The van der Waals surface area contributed by atoms with E-state index in [2.05, 4.69) is 22.2 Å². The van der Waals surface area contributed by atoms with Crippen molar-refractivity contribution in [3.8, 4) is 5.75 Å². The SMILES string of the molecule is COc1ccc(C(=O)Nc2nc3c(s2)CN(C)CC3)cc1. The van der Waals surface area contributed by atoms with Crippen LogP contribution in [0.15, 0.2) is 24.3 Å². The first-order chi connectivity index (χ1) is 10.2. The zero-order valence-corrected chi connectivity index (χ0v) is 12.9. The van der Waals surface area contributed by atoms with Gasteiger partial charge in [-0.05, 0) is 31.3 Å². The van der Waals surface area contributed by atoms with Gasteiger partial charge in [0.2, 0.25) is 0 Å². The number of amides is 1. The highest BCUT2D eigenvalue weighted by molar-refractivity contribution is 7.15. The Morgan fingerprint density at radius 1 is 1.38 bits per heavy atom. The standard InChI is InChI=1S/C15H17N3O2S/c1-18-8-7-12-13(9-18)21-15(16-12)17-14(19)10-3-5-11(20-2)6-4-10/h3-6H,7-9H2,1-2H3,(H,16,17,19). The van der Waals surface area contributed by atoms with Gasteiger partial charge >= 0.3 is 0 Å². The number of ether oxygens (including phenoxy) is 1. The van der Waals surface area contributed by atoms with Crippen molar-refractivity contribution in [2.45, 2.75) is 13.0 Å². The summed E-state index contributed by atoms with van der Waals surface area (Å²) in [6.45, 7) is 1.92. The summed E-state index contributed by atoms with van der Waals surface area (Å²) < 4.78 is 5.09. The monoisotopic (exact) mass is 303 g/mol. The molecule has 1 aromatic heterocycles. The maximum absolute atomic E-state index is 12.2. The van der Waals surface area contributed by atoms with Crippen molar-refractivity contribution < 1.29 is 9.53 Å². The molecule has 0 bridgehead atoms. The maximum atomic E-state index is 12.2. The van der Waals surface area contributed by atoms with Crippen molar-refractivity contribution in [3.63, 3.8) is 0 Å². The van der Waals surface area contributed by atoms with E-state index in [1.54, 1.807) is 42.7 Å². The molecule has 21 heavy (non-hydrogen) atoms. The van der Waals surface area contributed by atoms with Gasteiger partial charge in [-0.1, -0.05) is 0 Å². The molecule has 1 aliphatic rings. The molecule has 3 rings (SSSR count). The second-order valence-corrected chi connectivity index (χ2v) is 6.14. The lowest BCUT2D eigenvalue weighted by Gasteiger charge is -2.20. The lowest BCUT2D eigenvalue weighted by molar-refractivity contribution is 0.102. The van der Waals surface area contributed by atoms with Crippen LogP contribution in [0.4, 0.5) is 5.13 Å². The lowest BCUT2D eigenvalue weighted by atomic mass is 10.2. The Morgan fingerprint density at radius 3 is 2.86 bits per heavy atom. The molecule has 0 radical (unpaired) electrons. The van der Waals surface area contributed by atoms with E-state index in [4.69, 9.17) is 4.74 Å². The summed E-state index contributed by atoms with van der Waals surface area (Å²) in [6, 6.07) is 7.04. The zero-order valence-electron chi connectivity index (χ0n) is 12.0. The summed E-state index contributed by atoms with van der Waals surface area (Å²) in [5.74, 6) is 0.594. The van der Waals surface area contributed by atoms with Crippen LogP contribution in [0.3, 0.4) is 0 Å². The fourth-order valence-electron chi connectivity index (χ4n) is 2.29. The first-order valence-corrected chi connectivity index (χ1v) is 7.60. The van der Waals surface area contributed by atoms with Gasteiger partial charge in [0, 0.05) is 30.0 Å². The molecule has 0 saturated heterocycles. The molecule has 0 spiro atoms. The molecule has 6 heteroatoms. The van der Waals surface area contributed by atoms with Gasteiger partial charge in [-0.3, -0.25) is 10.1 Å². The molecular formula is C15H17N3O2S. The molecule has 0 atom stereocenters. The Kier molecular flexibility index (Phi) is 3.90. The maximum Gasteiger partial charge on any atom is 0.257 e. The minimum Gasteiger partial charge on any atom is -0.497 e. The number of benzene rings is 1. The smallest absolute Gasteiger partial charge is 0.257 e. The first kappa shape index (κ1) is 14.0. The van der Waals surface area contributed by atoms with E-state index in [0.29, 0.717) is 10.7 Å². The Morgan fingerprint density at radius 2 is 2.14 bits per heavy atom. The molecule has 1 aliphatic heterocycles. The molecule has 0 aliphatic carbocycles. The van der Waals surface area contributed by atoms with E-state index in [9.17, 15) is 4.79 Å². The number of anilines is 1. The van der Waals surface area contributed by atoms with Gasteiger partial charge in [-0.2, -0.15) is 0 Å². The van der Waals surface area contributed by atoms with Gasteiger partial charge in [0.1, 0.15) is 5.75 Å². The largest absolute Gasteiger partial charge is 0.497 e. The lowest BCUT2D eigenvalue weighted by Crippen LogP contribution is -2.25. The summed E-state index contributed by atoms with van der Waals surface area (Å²) in [4.78, 5) is 20.2. The number of hydrogen-bond donors (Lipinski definition) is 1. The van der Waals surface area contributed by atoms with Crippen LogP contribution in [0.1, 0.15) is 20.9 Å². The van der Waals surface area contributed by atoms with Gasteiger partial charge in [0.15, 0.2) is 5.13 Å². The van der Waals surface area contributed by atoms with Crippen LogP contribution in [-0.2, 0) is 13.0 Å². The highest BCUT2D eigenvalue weighted by Gasteiger charge is 2.19. The predicted octanol–water partition coefficient (Wildman–Crippen LogP) is 2.39. The average molecular weight is 303 g/mol. The van der Waals surface area contributed by atoms with E-state index < -0.39 is 0 Å². The van der Waals surface area contributed by atoms with Crippen molar-refractivity contribution in [1.82, 2.24) is 9.88 Å². The summed E-state index contributed by atoms with van der Waals surface area (Å²) in [5.41, 5.74) is 1.71. The Balaban J connectivity index is 1.72. The number of aromatic nitrogens is 1. The molecule has 1 aromatic carbocycles. The van der Waals surface area contributed by atoms with Gasteiger partial charge < -0.3 is 9.64 Å². The number of thiazole rings is 1. The number of rotatable bonds is 3. The number of fused-ring (bicyclic) bond motifs is 1. The van der Waals surface area contributed by atoms with E-state index in [0.717, 1.165) is 31.0 Å². The van der Waals surface area contributed by atoms with Crippen LogP contribution in [0.2, 0.25) is 0 Å². The minimum absolute atomic E-state index is 0.142. The Labute approximate surface area is 127 Å². The number of hydrogen-bond acceptors (Lipinski definition) is 5. The van der Waals surface area contributed by atoms with Crippen molar-refractivity contribution in [1.29, 1.82) is 0 Å². The van der Waals surface area contributed by atoms with E-state index in [1.165, 1.54) is 4.88 Å². The van der Waals surface area contributed by atoms with E-state index in [-0.39, 0.29) is 5.91 Å². The van der Waals surface area contributed by atoms with Crippen LogP contribution in [0, 0.1) is 0 Å². The third-order valence-corrected chi connectivity index (χ3v) is 4.49. The number of nitrogens with zero attached hydrogens (tertiary/aromatic N) is 2. The number of likely N-dealkylation sites (N-methyl/N-ethyl adjacent to an activating group) is 1. The molecule has 2 heterocycles. The Bertz CT molecular complexity index is 651. The highest BCUT2D eigenvalue weighted by atomic mass is 32.1. The summed E-state index contributed by atoms with van der Waals surface area (Å²) >= 11 is 1.56. The van der Waals surface area contributed by atoms with Crippen LogP contribution in [0.25, 0.3) is 0 Å². The van der Waals surface area contributed by atoms with Crippen molar-refractivity contribution >= 4 is 22.4 Å². The molecule has 2 aromatic rings. The van der Waals surface area contributed by atoms with Gasteiger partial charge in [0.05, 0.1) is 12.8 Å². The molecular weight excluding hydrogens is 286 g/mol. The first-order valence-electron chi connectivity index (χ1n) is 6.78. The van der Waals surface area contributed by atoms with Gasteiger partial charge in [-0.25, -0.2) is 4.98 Å². The number of methoxy groups -OCH3 is 1. The van der Waals surface area contributed by atoms with Crippen LogP contribution in [0.5, 0.6) is 5.75 Å². The molecule has 110 valence electrons. The van der Waals surface area contributed by atoms with Gasteiger partial charge in [0.25, 0.3) is 5.91 Å². The summed E-state index contributed by atoms with van der Waals surface area (Å²) in [6.07, 6.45) is 0.945. The predicted molar refractivity (Wildman–Crippen MR) is 83.1 cm³/mol. The minimum atomic E-state index is -0.142. The summed E-state index contributed by atoms with van der Waals surface area (Å²) in [7, 11) is 3.70. The molecule has 1 N–H and O–H groups in total. The molecule has 1 amide bonds. The van der Waals surface area contributed by atoms with E-state index >= 15 is 0 Å². The number of carbonyl (C=O) groups excluding carboxylic acids is 1. The van der Waals surface area contributed by atoms with E-state index in [1.807, 2.05) is 0 Å². The molecule has 0 fully saturated rings. The number of carbonyl (C=O) groups is 1. The second-order valence-electron chi connectivity index (χ2n) is 5.06. The molecule has 5 nitrogen and oxygen atoms in total. The molecule has 0 saturated carbocycles. The van der Waals surface area contributed by atoms with Gasteiger partial charge in [-0.15, -0.1) is 11.3 Å². The third-order valence-electron chi connectivity index (χ3n) is 3.49. The second kappa shape index (κ2) is 5.83. The third kappa shape index (κ3) is 3.06. The van der Waals surface area contributed by atoms with Crippen molar-refractivity contribution in [3.05, 3.63) is 40.4 Å². The topological polar surface area (TPSA) is 54.5 Å². The fourth-order valence-corrected chi connectivity index (χ4v) is 3.37. The normalized spacial score (nSPS) is 14.6. The summed E-state index contributed by atoms with van der Waals surface area (Å²) in [5, 5.41) is 3.55. The molecule has 0 unspecified atom stereocenters. The quantitative estimate of drug-likeness (QED) is 0.946. The average Bonchev–Trinajstić information content (AvgIpc) is 2.88. The van der Waals surface area contributed by atoms with Crippen LogP contribution in [-0.4, -0.2) is 36.5 Å². The zero-order chi connectivity index (χ0) is 14.8. The van der Waals surface area contributed by atoms with Crippen LogP contribution < -0.4 is 10.1 Å². The van der Waals surface area contributed by atoms with Crippen molar-refractivity contribution in [2.75, 3.05) is 26.0 Å². The highest BCUT2D eigenvalue weighted by Crippen LogP contribution is 2.28. The van der Waals surface area contributed by atoms with Crippen LogP contribution >= 0.6 is 11.3 Å². The Hall–Kier alpha value is -1.92. The van der Waals surface area contributed by atoms with Crippen molar-refractivity contribution in [2.24, 2.45) is 0 Å².